The van der Waals surface area contributed by atoms with Gasteiger partial charge in [-0.2, -0.15) is 0 Å². The number of hydrogen-bond donors (Lipinski definition) is 1. The van der Waals surface area contributed by atoms with Crippen molar-refractivity contribution in [1.29, 1.82) is 0 Å². The minimum atomic E-state index is -0.0430. The average Bonchev–Trinajstić information content (AvgIpc) is 2.54. The third kappa shape index (κ3) is 2.30. The number of aliphatic hydroxyl groups is 1. The van der Waals surface area contributed by atoms with Crippen LogP contribution in [0.25, 0.3) is 0 Å². The Kier molecular flexibility index (Phi) is 2.97. The molecule has 1 aliphatic carbocycles. The van der Waals surface area contributed by atoms with Gasteiger partial charge < -0.3 is 5.11 Å². The molecule has 1 nitrogen and oxygen atoms in total. The molecule has 3 atom stereocenters. The van der Waals surface area contributed by atoms with Crippen LogP contribution in [0, 0.1) is 0 Å². The lowest BCUT2D eigenvalue weighted by atomic mass is 10.3. The maximum atomic E-state index is 9.66. The molecule has 0 radical (unpaired) electrons. The van der Waals surface area contributed by atoms with Crippen LogP contribution < -0.4 is 5.30 Å². The first-order valence-electron chi connectivity index (χ1n) is 4.86. The topological polar surface area (TPSA) is 20.2 Å². The van der Waals surface area contributed by atoms with E-state index in [-0.39, 0.29) is 6.10 Å². The van der Waals surface area contributed by atoms with E-state index in [0.29, 0.717) is 5.66 Å². The Morgan fingerprint density at radius 1 is 1.15 bits per heavy atom. The van der Waals surface area contributed by atoms with Gasteiger partial charge in [-0.25, -0.2) is 0 Å². The van der Waals surface area contributed by atoms with Crippen LogP contribution in [0.4, 0.5) is 0 Å². The molecule has 0 bridgehead atoms. The van der Waals surface area contributed by atoms with Crippen molar-refractivity contribution in [2.75, 3.05) is 0 Å². The van der Waals surface area contributed by atoms with Crippen molar-refractivity contribution in [3.63, 3.8) is 0 Å². The Morgan fingerprint density at radius 2 is 1.92 bits per heavy atom. The standard InChI is InChI=1S/C11H15OP/c12-10-7-4-8-11(10)13-9-5-2-1-3-6-9/h1-3,5-6,10-13H,4,7-8H2. The molecule has 1 N–H and O–H groups in total. The molecule has 2 rings (SSSR count). The van der Waals surface area contributed by atoms with Gasteiger partial charge in [-0.15, -0.1) is 0 Å². The van der Waals surface area contributed by atoms with Gasteiger partial charge >= 0.3 is 0 Å². The minimum Gasteiger partial charge on any atom is -0.392 e. The van der Waals surface area contributed by atoms with E-state index in [0.717, 1.165) is 15.0 Å². The van der Waals surface area contributed by atoms with Crippen molar-refractivity contribution < 1.29 is 5.11 Å². The van der Waals surface area contributed by atoms with Gasteiger partial charge in [0.25, 0.3) is 0 Å². The van der Waals surface area contributed by atoms with Gasteiger partial charge in [0.05, 0.1) is 6.10 Å². The SMILES string of the molecule is OC1CCCC1Pc1ccccc1. The van der Waals surface area contributed by atoms with Gasteiger partial charge in [0.1, 0.15) is 0 Å². The van der Waals surface area contributed by atoms with Crippen LogP contribution in [0.3, 0.4) is 0 Å². The molecule has 3 unspecified atom stereocenters. The van der Waals surface area contributed by atoms with Crippen molar-refractivity contribution in [2.24, 2.45) is 0 Å². The highest BCUT2D eigenvalue weighted by atomic mass is 31.1. The third-order valence-electron chi connectivity index (χ3n) is 2.61. The van der Waals surface area contributed by atoms with Crippen molar-refractivity contribution in [1.82, 2.24) is 0 Å². The fourth-order valence-corrected chi connectivity index (χ4v) is 3.38. The molecule has 1 aliphatic rings. The molecular weight excluding hydrogens is 179 g/mol. The zero-order chi connectivity index (χ0) is 9.10. The summed E-state index contributed by atoms with van der Waals surface area (Å²) in [6.45, 7) is 0. The van der Waals surface area contributed by atoms with Gasteiger partial charge in [0, 0.05) is 5.66 Å². The molecule has 2 heteroatoms. The molecule has 0 saturated heterocycles. The first-order valence-corrected chi connectivity index (χ1v) is 5.93. The lowest BCUT2D eigenvalue weighted by Crippen LogP contribution is -2.16. The quantitative estimate of drug-likeness (QED) is 0.713. The summed E-state index contributed by atoms with van der Waals surface area (Å²) in [7, 11) is 0.788. The van der Waals surface area contributed by atoms with Gasteiger partial charge in [-0.3, -0.25) is 0 Å². The fourth-order valence-electron chi connectivity index (χ4n) is 1.86. The highest BCUT2D eigenvalue weighted by Crippen LogP contribution is 2.33. The fraction of sp³-hybridized carbons (Fsp3) is 0.455. The number of hydrogen-bond acceptors (Lipinski definition) is 1. The maximum Gasteiger partial charge on any atom is 0.0608 e. The molecule has 0 aliphatic heterocycles. The Hall–Kier alpha value is -0.390. The Bertz CT molecular complexity index is 260. The predicted octanol–water partition coefficient (Wildman–Crippen LogP) is 1.90. The summed E-state index contributed by atoms with van der Waals surface area (Å²) >= 11 is 0. The zero-order valence-corrected chi connectivity index (χ0v) is 8.61. The summed E-state index contributed by atoms with van der Waals surface area (Å²) < 4.78 is 0. The van der Waals surface area contributed by atoms with Gasteiger partial charge in [0.15, 0.2) is 0 Å². The van der Waals surface area contributed by atoms with E-state index in [4.69, 9.17) is 0 Å². The predicted molar refractivity (Wildman–Crippen MR) is 58.0 cm³/mol. The van der Waals surface area contributed by atoms with Gasteiger partial charge in [0.2, 0.25) is 0 Å². The Balaban J connectivity index is 1.98. The van der Waals surface area contributed by atoms with Crippen LogP contribution in [0.2, 0.25) is 0 Å². The molecule has 1 fully saturated rings. The molecule has 1 aromatic carbocycles. The van der Waals surface area contributed by atoms with E-state index in [9.17, 15) is 5.11 Å². The maximum absolute atomic E-state index is 9.66. The Labute approximate surface area is 81.0 Å². The summed E-state index contributed by atoms with van der Waals surface area (Å²) in [6, 6.07) is 10.5. The zero-order valence-electron chi connectivity index (χ0n) is 7.61. The van der Waals surface area contributed by atoms with Crippen LogP contribution in [0.15, 0.2) is 30.3 Å². The number of aliphatic hydroxyl groups excluding tert-OH is 1. The normalized spacial score (nSPS) is 28.7. The third-order valence-corrected chi connectivity index (χ3v) is 4.32. The summed E-state index contributed by atoms with van der Waals surface area (Å²) in [4.78, 5) is 0. The van der Waals surface area contributed by atoms with Gasteiger partial charge in [-0.05, 0) is 18.1 Å². The lowest BCUT2D eigenvalue weighted by molar-refractivity contribution is 0.187. The molecule has 13 heavy (non-hydrogen) atoms. The van der Waals surface area contributed by atoms with E-state index >= 15 is 0 Å². The van der Waals surface area contributed by atoms with E-state index in [2.05, 4.69) is 24.3 Å². The van der Waals surface area contributed by atoms with Crippen LogP contribution in [-0.4, -0.2) is 16.9 Å². The van der Waals surface area contributed by atoms with E-state index in [1.807, 2.05) is 6.07 Å². The molecule has 1 saturated carbocycles. The smallest absolute Gasteiger partial charge is 0.0608 e. The van der Waals surface area contributed by atoms with Crippen molar-refractivity contribution >= 4 is 13.9 Å². The summed E-state index contributed by atoms with van der Waals surface area (Å²) in [6.07, 6.45) is 3.36. The highest BCUT2D eigenvalue weighted by Gasteiger charge is 2.24. The minimum absolute atomic E-state index is 0.0430. The van der Waals surface area contributed by atoms with E-state index in [1.165, 1.54) is 18.1 Å². The second-order valence-corrected chi connectivity index (χ2v) is 5.22. The highest BCUT2D eigenvalue weighted by molar-refractivity contribution is 7.48. The molecule has 70 valence electrons. The van der Waals surface area contributed by atoms with E-state index in [1.54, 1.807) is 0 Å². The first-order chi connectivity index (χ1) is 6.36. The first kappa shape index (κ1) is 9.18. The second kappa shape index (κ2) is 4.21. The Morgan fingerprint density at radius 3 is 2.54 bits per heavy atom. The molecule has 0 spiro atoms. The molecular formula is C11H15OP. The monoisotopic (exact) mass is 194 g/mol. The second-order valence-electron chi connectivity index (χ2n) is 3.62. The number of benzene rings is 1. The van der Waals surface area contributed by atoms with E-state index < -0.39 is 0 Å². The van der Waals surface area contributed by atoms with Crippen LogP contribution in [0.1, 0.15) is 19.3 Å². The summed E-state index contributed by atoms with van der Waals surface area (Å²) in [5.74, 6) is 0. The summed E-state index contributed by atoms with van der Waals surface area (Å²) in [5.41, 5.74) is 0.530. The van der Waals surface area contributed by atoms with Gasteiger partial charge in [-0.1, -0.05) is 45.3 Å². The van der Waals surface area contributed by atoms with Crippen molar-refractivity contribution in [3.05, 3.63) is 30.3 Å². The van der Waals surface area contributed by atoms with Crippen LogP contribution >= 0.6 is 8.58 Å². The summed E-state index contributed by atoms with van der Waals surface area (Å²) in [5, 5.41) is 11.0. The average molecular weight is 194 g/mol. The molecule has 0 aromatic heterocycles. The molecule has 1 aromatic rings. The van der Waals surface area contributed by atoms with Crippen LogP contribution in [-0.2, 0) is 0 Å². The number of rotatable bonds is 2. The molecule has 0 amide bonds. The molecule has 0 heterocycles. The largest absolute Gasteiger partial charge is 0.392 e. The van der Waals surface area contributed by atoms with Crippen molar-refractivity contribution in [2.45, 2.75) is 31.0 Å². The van der Waals surface area contributed by atoms with Crippen LogP contribution in [0.5, 0.6) is 0 Å². The van der Waals surface area contributed by atoms with Crippen molar-refractivity contribution in [3.8, 4) is 0 Å². The lowest BCUT2D eigenvalue weighted by Gasteiger charge is -2.13.